The number of quaternary nitrogens is 1. The van der Waals surface area contributed by atoms with Crippen LogP contribution in [0.1, 0.15) is 41.6 Å². The predicted molar refractivity (Wildman–Crippen MR) is 147 cm³/mol. The van der Waals surface area contributed by atoms with Crippen LogP contribution in [-0.4, -0.2) is 77.1 Å². The van der Waals surface area contributed by atoms with Gasteiger partial charge in [0.15, 0.2) is 0 Å². The van der Waals surface area contributed by atoms with Gasteiger partial charge in [-0.1, -0.05) is 30.3 Å². The van der Waals surface area contributed by atoms with Crippen LogP contribution in [0.25, 0.3) is 11.1 Å². The highest BCUT2D eigenvalue weighted by atomic mass is 35.5. The molecule has 2 aromatic carbocycles. The van der Waals surface area contributed by atoms with Crippen molar-refractivity contribution in [2.75, 3.05) is 44.2 Å². The van der Waals surface area contributed by atoms with Crippen LogP contribution in [0.15, 0.2) is 60.9 Å². The number of H-pyrrole nitrogens is 1. The van der Waals surface area contributed by atoms with E-state index in [2.05, 4.69) is 55.6 Å². The molecular weight excluding hydrogens is 512 g/mol. The van der Waals surface area contributed by atoms with Crippen molar-refractivity contribution in [3.8, 4) is 11.1 Å². The van der Waals surface area contributed by atoms with Crippen molar-refractivity contribution in [3.63, 3.8) is 0 Å². The first kappa shape index (κ1) is 27.2. The van der Waals surface area contributed by atoms with E-state index < -0.39 is 0 Å². The maximum absolute atomic E-state index is 13.8. The third-order valence-corrected chi connectivity index (χ3v) is 8.13. The zero-order valence-corrected chi connectivity index (χ0v) is 23.0. The van der Waals surface area contributed by atoms with Gasteiger partial charge in [0.1, 0.15) is 0 Å². The van der Waals surface area contributed by atoms with Gasteiger partial charge in [0.25, 0.3) is 5.91 Å². The molecule has 39 heavy (non-hydrogen) atoms. The molecule has 3 fully saturated rings. The Hall–Kier alpha value is -3.36. The number of aromatic nitrogens is 2. The number of hydrogen-bond acceptors (Lipinski definition) is 4. The van der Waals surface area contributed by atoms with Crippen LogP contribution in [0.5, 0.6) is 0 Å². The summed E-state index contributed by atoms with van der Waals surface area (Å²) < 4.78 is 0. The molecule has 0 unspecified atom stereocenters. The molecule has 6 rings (SSSR count). The van der Waals surface area contributed by atoms with E-state index in [1.807, 2.05) is 35.5 Å². The number of nitrogens with two attached hydrogens (primary N) is 1. The lowest BCUT2D eigenvalue weighted by atomic mass is 9.95. The molecule has 3 heterocycles. The molecule has 3 N–H and O–H groups in total. The first-order valence-electron chi connectivity index (χ1n) is 14.0. The van der Waals surface area contributed by atoms with E-state index in [0.717, 1.165) is 86.3 Å². The molecular formula is C30H37ClN6O2. The van der Waals surface area contributed by atoms with E-state index in [4.69, 9.17) is 0 Å². The van der Waals surface area contributed by atoms with Gasteiger partial charge in [-0.05, 0) is 55.0 Å². The number of amides is 2. The number of nitrogens with zero attached hydrogens (tertiary/aromatic N) is 4. The Morgan fingerprint density at radius 2 is 1.79 bits per heavy atom. The van der Waals surface area contributed by atoms with Gasteiger partial charge in [0.05, 0.1) is 38.3 Å². The molecule has 0 spiro atoms. The van der Waals surface area contributed by atoms with E-state index >= 15 is 0 Å². The van der Waals surface area contributed by atoms with E-state index in [9.17, 15) is 9.59 Å². The topological polar surface area (TPSA) is 89.2 Å². The molecule has 1 aliphatic carbocycles. The lowest BCUT2D eigenvalue weighted by Gasteiger charge is -2.36. The number of anilines is 1. The van der Waals surface area contributed by atoms with Crippen LogP contribution < -0.4 is 22.6 Å². The number of benzene rings is 2. The summed E-state index contributed by atoms with van der Waals surface area (Å²) >= 11 is 0. The Balaban J connectivity index is 0.00000308. The van der Waals surface area contributed by atoms with E-state index in [1.165, 1.54) is 0 Å². The predicted octanol–water partition coefficient (Wildman–Crippen LogP) is -0.492. The number of piperidine rings is 1. The van der Waals surface area contributed by atoms with Crippen LogP contribution in [0.4, 0.5) is 5.69 Å². The smallest absolute Gasteiger partial charge is 0.254 e. The van der Waals surface area contributed by atoms with Gasteiger partial charge < -0.3 is 32.4 Å². The van der Waals surface area contributed by atoms with Gasteiger partial charge >= 0.3 is 0 Å². The quantitative estimate of drug-likeness (QED) is 0.417. The normalized spacial score (nSPS) is 19.3. The monoisotopic (exact) mass is 548 g/mol. The van der Waals surface area contributed by atoms with Crippen molar-refractivity contribution < 1.29 is 27.3 Å². The van der Waals surface area contributed by atoms with Crippen molar-refractivity contribution in [1.82, 2.24) is 20.0 Å². The summed E-state index contributed by atoms with van der Waals surface area (Å²) in [6, 6.07) is 16.8. The van der Waals surface area contributed by atoms with Gasteiger partial charge in [0, 0.05) is 48.7 Å². The summed E-state index contributed by atoms with van der Waals surface area (Å²) in [5.74, 6) is 0.364. The van der Waals surface area contributed by atoms with E-state index in [-0.39, 0.29) is 30.1 Å². The van der Waals surface area contributed by atoms with Crippen molar-refractivity contribution in [1.29, 1.82) is 0 Å². The highest BCUT2D eigenvalue weighted by Crippen LogP contribution is 2.33. The molecule has 2 amide bonds. The standard InChI is InChI=1S/C30H36N6O2.ClH/c37-29(34-15-12-31-13-16-34)24-3-1-5-28(17-24)35-14-2-4-25(21-35)30(38)36(27-10-11-27)20-22-6-8-23(9-7-22)26-18-32-33-19-26;/h1,3,5-9,17-19,25,27,31H,2,4,10-16,20-21H2,(H,32,33);1H/t25-;/m1./s1. The highest BCUT2D eigenvalue weighted by Gasteiger charge is 2.37. The van der Waals surface area contributed by atoms with Crippen LogP contribution in [0, 0.1) is 5.92 Å². The van der Waals surface area contributed by atoms with Crippen molar-refractivity contribution >= 4 is 17.5 Å². The minimum atomic E-state index is -0.0217. The summed E-state index contributed by atoms with van der Waals surface area (Å²) in [7, 11) is 0. The fourth-order valence-electron chi connectivity index (χ4n) is 5.80. The second-order valence-corrected chi connectivity index (χ2v) is 10.9. The first-order valence-corrected chi connectivity index (χ1v) is 14.0. The molecule has 0 radical (unpaired) electrons. The number of rotatable bonds is 7. The maximum Gasteiger partial charge on any atom is 0.254 e. The van der Waals surface area contributed by atoms with E-state index in [1.54, 1.807) is 0 Å². The highest BCUT2D eigenvalue weighted by molar-refractivity contribution is 5.95. The molecule has 2 aliphatic heterocycles. The largest absolute Gasteiger partial charge is 1.00 e. The number of nitrogens with one attached hydrogen (secondary N) is 1. The fourth-order valence-corrected chi connectivity index (χ4v) is 5.80. The number of hydrogen-bond donors (Lipinski definition) is 2. The molecule has 3 aromatic rings. The Kier molecular flexibility index (Phi) is 8.53. The molecule has 1 saturated carbocycles. The Morgan fingerprint density at radius 3 is 2.51 bits per heavy atom. The molecule has 2 saturated heterocycles. The number of carbonyl (C=O) groups excluding carboxylic acids is 2. The third kappa shape index (κ3) is 6.28. The molecule has 3 aliphatic rings. The van der Waals surface area contributed by atoms with E-state index in [0.29, 0.717) is 19.1 Å². The second kappa shape index (κ2) is 12.2. The third-order valence-electron chi connectivity index (χ3n) is 8.13. The van der Waals surface area contributed by atoms with Crippen molar-refractivity contribution in [2.45, 2.75) is 38.3 Å². The zero-order chi connectivity index (χ0) is 25.9. The summed E-state index contributed by atoms with van der Waals surface area (Å²) in [6.45, 7) is 5.80. The minimum Gasteiger partial charge on any atom is -1.00 e. The average Bonchev–Trinajstić information content (AvgIpc) is 3.68. The zero-order valence-electron chi connectivity index (χ0n) is 22.3. The summed E-state index contributed by atoms with van der Waals surface area (Å²) in [5.41, 5.74) is 5.14. The summed E-state index contributed by atoms with van der Waals surface area (Å²) in [6.07, 6.45) is 7.79. The van der Waals surface area contributed by atoms with Crippen molar-refractivity contribution in [3.05, 3.63) is 72.1 Å². The fraction of sp³-hybridized carbons (Fsp3) is 0.433. The van der Waals surface area contributed by atoms with Gasteiger partial charge in [-0.25, -0.2) is 0 Å². The maximum atomic E-state index is 13.8. The number of carbonyl (C=O) groups is 2. The SMILES string of the molecule is O=C(c1cccc(N2CCC[C@@H](C(=O)N(Cc3ccc(-c4cn[nH]c4)cc3)C3CC3)C2)c1)N1CC[NH2+]CC1.[Cl-]. The minimum absolute atomic E-state index is 0. The summed E-state index contributed by atoms with van der Waals surface area (Å²) in [4.78, 5) is 33.3. The van der Waals surface area contributed by atoms with Gasteiger partial charge in [-0.2, -0.15) is 5.10 Å². The Morgan fingerprint density at radius 1 is 1.00 bits per heavy atom. The lowest BCUT2D eigenvalue weighted by Crippen LogP contribution is -3.00. The molecule has 9 heteroatoms. The second-order valence-electron chi connectivity index (χ2n) is 10.9. The molecule has 8 nitrogen and oxygen atoms in total. The van der Waals surface area contributed by atoms with Crippen LogP contribution in [0.2, 0.25) is 0 Å². The Bertz CT molecular complexity index is 1250. The molecule has 206 valence electrons. The summed E-state index contributed by atoms with van der Waals surface area (Å²) in [5, 5.41) is 9.15. The van der Waals surface area contributed by atoms with Gasteiger partial charge in [-0.3, -0.25) is 14.7 Å². The Labute approximate surface area is 236 Å². The number of aromatic amines is 1. The van der Waals surface area contributed by atoms with Crippen LogP contribution in [0.3, 0.4) is 0 Å². The average molecular weight is 549 g/mol. The van der Waals surface area contributed by atoms with Crippen LogP contribution >= 0.6 is 0 Å². The number of halogens is 1. The lowest BCUT2D eigenvalue weighted by molar-refractivity contribution is -0.661. The molecule has 1 atom stereocenters. The number of piperazine rings is 1. The van der Waals surface area contributed by atoms with Crippen molar-refractivity contribution in [2.24, 2.45) is 5.92 Å². The first-order chi connectivity index (χ1) is 18.7. The molecule has 0 bridgehead atoms. The van der Waals surface area contributed by atoms with Gasteiger partial charge in [-0.15, -0.1) is 0 Å². The van der Waals surface area contributed by atoms with Gasteiger partial charge in [0.2, 0.25) is 5.91 Å². The molecule has 1 aromatic heterocycles. The van der Waals surface area contributed by atoms with Crippen LogP contribution in [-0.2, 0) is 11.3 Å².